The monoisotopic (exact) mass is 898 g/mol. The van der Waals surface area contributed by atoms with Crippen molar-refractivity contribution in [2.24, 2.45) is 79.8 Å². The van der Waals surface area contributed by atoms with Crippen LogP contribution in [0, 0.1) is 79.8 Å². The maximum atomic E-state index is 15.6. The summed E-state index contributed by atoms with van der Waals surface area (Å²) in [4.78, 5) is 53.9. The molecule has 0 bridgehead atoms. The zero-order chi connectivity index (χ0) is 46.6. The number of rotatable bonds is 9. The topological polar surface area (TPSA) is 102 Å². The molecule has 1 aromatic heterocycles. The molecule has 1 N–H and O–H groups in total. The molecule has 8 nitrogen and oxygen atoms in total. The molecule has 1 amide bonds. The van der Waals surface area contributed by atoms with Gasteiger partial charge in [-0.15, -0.1) is 0 Å². The molecule has 1 unspecified atom stereocenters. The van der Waals surface area contributed by atoms with Crippen LogP contribution in [0.5, 0.6) is 0 Å². The van der Waals surface area contributed by atoms with Crippen LogP contribution in [-0.4, -0.2) is 45.4 Å². The first-order valence-electron chi connectivity index (χ1n) is 26.2. The van der Waals surface area contributed by atoms with Crippen LogP contribution in [0.15, 0.2) is 66.9 Å². The number of H-pyrrole nitrogens is 1. The van der Waals surface area contributed by atoms with Crippen molar-refractivity contribution in [1.82, 2.24) is 14.9 Å². The Morgan fingerprint density at radius 2 is 1.45 bits per heavy atom. The predicted octanol–water partition coefficient (Wildman–Crippen LogP) is 12.8. The van der Waals surface area contributed by atoms with Crippen LogP contribution in [0.4, 0.5) is 0 Å². The number of amides is 1. The second-order valence-electron chi connectivity index (χ2n) is 25.0. The molecule has 3 aromatic rings. The van der Waals surface area contributed by atoms with E-state index in [0.717, 1.165) is 87.0 Å². The Labute approximate surface area is 395 Å². The quantitative estimate of drug-likeness (QED) is 0.215. The summed E-state index contributed by atoms with van der Waals surface area (Å²) < 4.78 is 12.4. The molecule has 7 aliphatic rings. The molecule has 1 aliphatic heterocycles. The van der Waals surface area contributed by atoms with Crippen molar-refractivity contribution in [2.75, 3.05) is 6.54 Å². The van der Waals surface area contributed by atoms with Crippen LogP contribution in [0.25, 0.3) is 11.3 Å². The van der Waals surface area contributed by atoms with E-state index in [1.54, 1.807) is 0 Å². The molecular formula is C58H79N3O5. The number of aromatic amines is 1. The molecular weight excluding hydrogens is 819 g/mol. The molecule has 2 aromatic carbocycles. The Hall–Kier alpha value is -3.94. The van der Waals surface area contributed by atoms with Crippen molar-refractivity contribution in [3.63, 3.8) is 0 Å². The van der Waals surface area contributed by atoms with E-state index >= 15 is 4.79 Å². The van der Waals surface area contributed by atoms with Gasteiger partial charge in [-0.3, -0.25) is 14.4 Å². The summed E-state index contributed by atoms with van der Waals surface area (Å²) in [6, 6.07) is 20.2. The van der Waals surface area contributed by atoms with Gasteiger partial charge < -0.3 is 19.4 Å². The van der Waals surface area contributed by atoms with Crippen LogP contribution in [-0.2, 0) is 30.5 Å². The molecule has 6 aliphatic carbocycles. The predicted molar refractivity (Wildman–Crippen MR) is 258 cm³/mol. The molecule has 13 atom stereocenters. The number of fused-ring (bicyclic) bond motifs is 7. The van der Waals surface area contributed by atoms with Gasteiger partial charge >= 0.3 is 11.9 Å². The van der Waals surface area contributed by atoms with Crippen molar-refractivity contribution in [3.05, 3.63) is 78.2 Å². The molecule has 1 saturated heterocycles. The fourth-order valence-corrected chi connectivity index (χ4v) is 17.6. The van der Waals surface area contributed by atoms with E-state index in [2.05, 4.69) is 82.6 Å². The van der Waals surface area contributed by atoms with Gasteiger partial charge in [0.05, 0.1) is 35.2 Å². The number of benzene rings is 2. The summed E-state index contributed by atoms with van der Waals surface area (Å²) in [5.74, 6) is 3.43. The Kier molecular flexibility index (Phi) is 11.4. The zero-order valence-electron chi connectivity index (χ0n) is 41.7. The average molecular weight is 898 g/mol. The summed E-state index contributed by atoms with van der Waals surface area (Å²) in [5.41, 5.74) is 2.57. The normalized spacial score (nSPS) is 39.7. The van der Waals surface area contributed by atoms with Crippen molar-refractivity contribution in [2.45, 2.75) is 165 Å². The molecule has 7 fully saturated rings. The standard InChI is InChI=1S/C58H79N3O5/c1-36(2)39-24-29-58(52(64)61-32-16-21-44(61)49-59-34-43(60-49)38-19-14-11-15-20-38)31-30-56(8)40(48(39)58)22-23-46-55(7)27-26-47(54(5,6)45(55)25-28-57(46,56)9)66-51(63)42-33-41(53(42,3)4)50(62)65-35-37-17-12-10-13-18-37/h10-15,17-20,34,36,39-42,44-48H,16,21-33,35H2,1-9H3,(H,59,60)/t39?,40-,41+,42-,44+,45+,46-,47+,48-,55+,56-,57-,58+/m1/s1. The van der Waals surface area contributed by atoms with Gasteiger partial charge in [0.2, 0.25) is 5.91 Å². The first kappa shape index (κ1) is 45.8. The zero-order valence-corrected chi connectivity index (χ0v) is 41.7. The van der Waals surface area contributed by atoms with E-state index in [1.165, 1.54) is 19.3 Å². The van der Waals surface area contributed by atoms with Gasteiger partial charge in [0.15, 0.2) is 0 Å². The minimum absolute atomic E-state index is 0.00345. The van der Waals surface area contributed by atoms with Gasteiger partial charge in [0.1, 0.15) is 18.5 Å². The fraction of sp³-hybridized carbons (Fsp3) is 0.690. The van der Waals surface area contributed by atoms with Gasteiger partial charge in [-0.25, -0.2) is 4.98 Å². The third-order valence-electron chi connectivity index (χ3n) is 21.5. The lowest BCUT2D eigenvalue weighted by atomic mass is 9.32. The minimum atomic E-state index is -0.517. The lowest BCUT2D eigenvalue weighted by molar-refractivity contribution is -0.252. The van der Waals surface area contributed by atoms with Crippen LogP contribution in [0.1, 0.15) is 163 Å². The van der Waals surface area contributed by atoms with Gasteiger partial charge in [0.25, 0.3) is 0 Å². The number of carbonyl (C=O) groups is 3. The third kappa shape index (κ3) is 6.84. The number of carbonyl (C=O) groups excluding carboxylic acids is 3. The number of esters is 2. The maximum Gasteiger partial charge on any atom is 0.309 e. The number of likely N-dealkylation sites (tertiary alicyclic amines) is 1. The smallest absolute Gasteiger partial charge is 0.309 e. The number of imidazole rings is 1. The molecule has 6 saturated carbocycles. The van der Waals surface area contributed by atoms with Crippen molar-refractivity contribution in [1.29, 1.82) is 0 Å². The highest BCUT2D eigenvalue weighted by atomic mass is 16.5. The minimum Gasteiger partial charge on any atom is -0.462 e. The highest BCUT2D eigenvalue weighted by Gasteiger charge is 2.73. The Morgan fingerprint density at radius 1 is 0.742 bits per heavy atom. The summed E-state index contributed by atoms with van der Waals surface area (Å²) in [5, 5.41) is 0. The molecule has 0 spiro atoms. The van der Waals surface area contributed by atoms with Gasteiger partial charge in [-0.1, -0.05) is 123 Å². The Bertz CT molecular complexity index is 2300. The fourth-order valence-electron chi connectivity index (χ4n) is 17.6. The van der Waals surface area contributed by atoms with Gasteiger partial charge in [-0.05, 0) is 152 Å². The highest BCUT2D eigenvalue weighted by molar-refractivity contribution is 5.85. The number of hydrogen-bond donors (Lipinski definition) is 1. The molecule has 8 heteroatoms. The largest absolute Gasteiger partial charge is 0.462 e. The maximum absolute atomic E-state index is 15.6. The third-order valence-corrected chi connectivity index (χ3v) is 21.5. The van der Waals surface area contributed by atoms with Crippen LogP contribution >= 0.6 is 0 Å². The molecule has 356 valence electrons. The summed E-state index contributed by atoms with van der Waals surface area (Å²) >= 11 is 0. The second kappa shape index (κ2) is 16.4. The number of nitrogens with zero attached hydrogens (tertiary/aromatic N) is 2. The molecule has 10 rings (SSSR count). The number of aromatic nitrogens is 2. The second-order valence-corrected chi connectivity index (χ2v) is 25.0. The first-order chi connectivity index (χ1) is 31.4. The van der Waals surface area contributed by atoms with E-state index in [9.17, 15) is 9.59 Å². The lowest BCUT2D eigenvalue weighted by Crippen LogP contribution is -2.67. The van der Waals surface area contributed by atoms with E-state index in [-0.39, 0.29) is 69.6 Å². The van der Waals surface area contributed by atoms with Gasteiger partial charge in [-0.2, -0.15) is 0 Å². The summed E-state index contributed by atoms with van der Waals surface area (Å²) in [6.45, 7) is 22.8. The summed E-state index contributed by atoms with van der Waals surface area (Å²) in [6.07, 6.45) is 15.3. The van der Waals surface area contributed by atoms with Crippen LogP contribution < -0.4 is 0 Å². The SMILES string of the molecule is CC(C)C1CC[C@]2(C(=O)N3CCC[C@H]3c3ncc(-c4ccccc4)[nH]3)CC[C@]3(C)[C@H](CC[C@@H]4[C@@]5(C)CC[C@H](OC(=O)[C@H]6C[C@@H](C(=O)OCc7ccccc7)C6(C)C)C(C)(C)[C@@H]5CC[C@]43C)[C@@H]12. The lowest BCUT2D eigenvalue weighted by Gasteiger charge is -2.73. The highest BCUT2D eigenvalue weighted by Crippen LogP contribution is 2.78. The van der Waals surface area contributed by atoms with Crippen molar-refractivity contribution >= 4 is 17.8 Å². The van der Waals surface area contributed by atoms with Crippen LogP contribution in [0.3, 0.4) is 0 Å². The Balaban J connectivity index is 0.848. The van der Waals surface area contributed by atoms with Crippen LogP contribution in [0.2, 0.25) is 0 Å². The number of hydrogen-bond acceptors (Lipinski definition) is 6. The first-order valence-corrected chi connectivity index (χ1v) is 26.2. The van der Waals surface area contributed by atoms with E-state index in [1.807, 2.05) is 56.4 Å². The molecule has 0 radical (unpaired) electrons. The molecule has 2 heterocycles. The summed E-state index contributed by atoms with van der Waals surface area (Å²) in [7, 11) is 0. The van der Waals surface area contributed by atoms with Gasteiger partial charge in [0, 0.05) is 12.0 Å². The number of nitrogens with one attached hydrogen (secondary N) is 1. The van der Waals surface area contributed by atoms with E-state index in [0.29, 0.717) is 47.8 Å². The van der Waals surface area contributed by atoms with E-state index in [4.69, 9.17) is 14.5 Å². The van der Waals surface area contributed by atoms with Crippen molar-refractivity contribution < 1.29 is 23.9 Å². The van der Waals surface area contributed by atoms with Crippen molar-refractivity contribution in [3.8, 4) is 11.3 Å². The van der Waals surface area contributed by atoms with E-state index < -0.39 is 5.41 Å². The Morgan fingerprint density at radius 3 is 2.17 bits per heavy atom. The molecule has 66 heavy (non-hydrogen) atoms. The average Bonchev–Trinajstić information content (AvgIpc) is 4.07. The number of ether oxygens (including phenoxy) is 2.